The molecule has 0 fully saturated rings. The van der Waals surface area contributed by atoms with E-state index in [1.165, 1.54) is 14.2 Å². The van der Waals surface area contributed by atoms with Crippen molar-refractivity contribution >= 4 is 7.60 Å². The molecule has 0 aromatic heterocycles. The van der Waals surface area contributed by atoms with E-state index in [1.807, 2.05) is 0 Å². The molecule has 1 aromatic rings. The average molecular weight is 304 g/mol. The maximum Gasteiger partial charge on any atom is 0.363 e. The van der Waals surface area contributed by atoms with Crippen molar-refractivity contribution in [3.63, 3.8) is 0 Å². The van der Waals surface area contributed by atoms with Gasteiger partial charge >= 0.3 is 7.60 Å². The smallest absolute Gasteiger partial charge is 0.363 e. The monoisotopic (exact) mass is 304 g/mol. The van der Waals surface area contributed by atoms with Gasteiger partial charge in [-0.1, -0.05) is 6.07 Å². The van der Waals surface area contributed by atoms with E-state index in [0.717, 1.165) is 0 Å². The second-order valence-corrected chi connectivity index (χ2v) is 5.95. The molecule has 6 nitrogen and oxygen atoms in total. The number of rotatable bonds is 8. The van der Waals surface area contributed by atoms with Crippen LogP contribution in [-0.2, 0) is 13.6 Å². The summed E-state index contributed by atoms with van der Waals surface area (Å²) in [6, 6.07) is 4.77. The number of benzene rings is 1. The summed E-state index contributed by atoms with van der Waals surface area (Å²) >= 11 is 0. The van der Waals surface area contributed by atoms with Gasteiger partial charge in [0, 0.05) is 0 Å². The summed E-state index contributed by atoms with van der Waals surface area (Å²) in [4.78, 5) is 0. The Kier molecular flexibility index (Phi) is 6.49. The van der Waals surface area contributed by atoms with E-state index in [2.05, 4.69) is 0 Å². The first-order valence-corrected chi connectivity index (χ1v) is 7.92. The molecule has 0 radical (unpaired) electrons. The van der Waals surface area contributed by atoms with Crippen molar-refractivity contribution in [1.29, 1.82) is 0 Å². The molecule has 0 saturated carbocycles. The second-order valence-electron chi connectivity index (χ2n) is 3.86. The van der Waals surface area contributed by atoms with Crippen LogP contribution in [0.25, 0.3) is 0 Å². The molecule has 0 aliphatic carbocycles. The molecular weight excluding hydrogens is 283 g/mol. The third-order valence-electron chi connectivity index (χ3n) is 2.62. The summed E-state index contributed by atoms with van der Waals surface area (Å²) in [5.74, 6) is -0.420. The van der Waals surface area contributed by atoms with Crippen molar-refractivity contribution in [3.8, 4) is 11.5 Å². The van der Waals surface area contributed by atoms with Gasteiger partial charge in [0.05, 0.1) is 27.4 Å². The maximum absolute atomic E-state index is 12.5. The second kappa shape index (κ2) is 7.64. The predicted octanol–water partition coefficient (Wildman–Crippen LogP) is 2.96. The normalized spacial score (nSPS) is 13.1. The number of hydrogen-bond acceptors (Lipinski definition) is 6. The quantitative estimate of drug-likeness (QED) is 0.744. The molecule has 0 spiro atoms. The zero-order valence-electron chi connectivity index (χ0n) is 12.2. The van der Waals surface area contributed by atoms with Crippen molar-refractivity contribution in [2.45, 2.75) is 19.7 Å². The number of ether oxygens (including phenoxy) is 2. The highest BCUT2D eigenvalue weighted by Gasteiger charge is 2.35. The van der Waals surface area contributed by atoms with Gasteiger partial charge in [0.2, 0.25) is 0 Å². The van der Waals surface area contributed by atoms with Crippen LogP contribution in [0.3, 0.4) is 0 Å². The Labute approximate surface area is 119 Å². The van der Waals surface area contributed by atoms with Crippen LogP contribution >= 0.6 is 7.60 Å². The van der Waals surface area contributed by atoms with E-state index in [1.54, 1.807) is 32.0 Å². The summed E-state index contributed by atoms with van der Waals surface area (Å²) in [6.45, 7) is 3.74. The SMILES string of the molecule is CCOP(=O)(OCC)[C@@H](O)c1ccc(OC)c(OC)c1. The Morgan fingerprint density at radius 3 is 2.10 bits per heavy atom. The van der Waals surface area contributed by atoms with Gasteiger partial charge in [0.25, 0.3) is 0 Å². The van der Waals surface area contributed by atoms with Crippen molar-refractivity contribution in [2.24, 2.45) is 0 Å². The van der Waals surface area contributed by atoms with Gasteiger partial charge in [-0.25, -0.2) is 0 Å². The third kappa shape index (κ3) is 3.73. The van der Waals surface area contributed by atoms with E-state index >= 15 is 0 Å². The largest absolute Gasteiger partial charge is 0.493 e. The van der Waals surface area contributed by atoms with E-state index in [-0.39, 0.29) is 13.2 Å². The number of aliphatic hydroxyl groups excluding tert-OH is 1. The molecule has 20 heavy (non-hydrogen) atoms. The highest BCUT2D eigenvalue weighted by molar-refractivity contribution is 7.54. The number of hydrogen-bond donors (Lipinski definition) is 1. The highest BCUT2D eigenvalue weighted by Crippen LogP contribution is 2.59. The lowest BCUT2D eigenvalue weighted by Crippen LogP contribution is -2.06. The summed E-state index contributed by atoms with van der Waals surface area (Å²) < 4.78 is 33.0. The van der Waals surface area contributed by atoms with E-state index in [0.29, 0.717) is 17.1 Å². The van der Waals surface area contributed by atoms with E-state index < -0.39 is 13.4 Å². The predicted molar refractivity (Wildman–Crippen MR) is 75.4 cm³/mol. The Morgan fingerprint density at radius 2 is 1.65 bits per heavy atom. The molecule has 1 aromatic carbocycles. The molecule has 1 rings (SSSR count). The van der Waals surface area contributed by atoms with Crippen molar-refractivity contribution in [2.75, 3.05) is 27.4 Å². The minimum absolute atomic E-state index is 0.182. The molecular formula is C13H21O6P. The fourth-order valence-electron chi connectivity index (χ4n) is 1.73. The lowest BCUT2D eigenvalue weighted by atomic mass is 10.2. The first-order valence-electron chi connectivity index (χ1n) is 6.31. The van der Waals surface area contributed by atoms with Crippen LogP contribution in [0.15, 0.2) is 18.2 Å². The lowest BCUT2D eigenvalue weighted by Gasteiger charge is -2.23. The van der Waals surface area contributed by atoms with Crippen LogP contribution in [-0.4, -0.2) is 32.5 Å². The van der Waals surface area contributed by atoms with Crippen LogP contribution in [0.1, 0.15) is 25.3 Å². The standard InChI is InChI=1S/C13H21O6P/c1-5-18-20(15,19-6-2)13(14)10-7-8-11(16-3)12(9-10)17-4/h7-9,13-14H,5-6H2,1-4H3/t13-/m1/s1. The average Bonchev–Trinajstić information content (AvgIpc) is 2.46. The molecule has 0 saturated heterocycles. The van der Waals surface area contributed by atoms with E-state index in [4.69, 9.17) is 18.5 Å². The van der Waals surface area contributed by atoms with Crippen LogP contribution in [0.2, 0.25) is 0 Å². The van der Waals surface area contributed by atoms with Crippen LogP contribution in [0, 0.1) is 0 Å². The Bertz CT molecular complexity index is 466. The summed E-state index contributed by atoms with van der Waals surface area (Å²) in [5.41, 5.74) is 0.382. The van der Waals surface area contributed by atoms with Gasteiger partial charge in [0.15, 0.2) is 17.3 Å². The summed E-state index contributed by atoms with van der Waals surface area (Å²) in [6.07, 6.45) is 0. The Balaban J connectivity index is 3.11. The van der Waals surface area contributed by atoms with E-state index in [9.17, 15) is 9.67 Å². The molecule has 1 atom stereocenters. The fourth-order valence-corrected chi connectivity index (χ4v) is 3.34. The molecule has 0 heterocycles. The highest BCUT2D eigenvalue weighted by atomic mass is 31.2. The molecule has 0 aliphatic heterocycles. The minimum Gasteiger partial charge on any atom is -0.493 e. The van der Waals surface area contributed by atoms with Crippen molar-refractivity contribution in [3.05, 3.63) is 23.8 Å². The van der Waals surface area contributed by atoms with Crippen LogP contribution in [0.4, 0.5) is 0 Å². The van der Waals surface area contributed by atoms with Gasteiger partial charge in [-0.2, -0.15) is 0 Å². The van der Waals surface area contributed by atoms with Gasteiger partial charge < -0.3 is 23.6 Å². The molecule has 0 aliphatic rings. The molecule has 0 bridgehead atoms. The van der Waals surface area contributed by atoms with Crippen LogP contribution in [0.5, 0.6) is 11.5 Å². The molecule has 7 heteroatoms. The molecule has 114 valence electrons. The van der Waals surface area contributed by atoms with Gasteiger partial charge in [-0.3, -0.25) is 4.57 Å². The van der Waals surface area contributed by atoms with Gasteiger partial charge in [0.1, 0.15) is 0 Å². The molecule has 0 amide bonds. The van der Waals surface area contributed by atoms with Gasteiger partial charge in [-0.15, -0.1) is 0 Å². The first-order chi connectivity index (χ1) is 9.52. The first kappa shape index (κ1) is 17.0. The lowest BCUT2D eigenvalue weighted by molar-refractivity contribution is 0.150. The zero-order valence-corrected chi connectivity index (χ0v) is 13.1. The van der Waals surface area contributed by atoms with Crippen molar-refractivity contribution < 1.29 is 28.2 Å². The minimum atomic E-state index is -3.63. The molecule has 0 unspecified atom stereocenters. The zero-order chi connectivity index (χ0) is 15.2. The Morgan fingerprint density at radius 1 is 1.10 bits per heavy atom. The van der Waals surface area contributed by atoms with Crippen LogP contribution < -0.4 is 9.47 Å². The number of methoxy groups -OCH3 is 2. The van der Waals surface area contributed by atoms with Crippen molar-refractivity contribution in [1.82, 2.24) is 0 Å². The Hall–Kier alpha value is -1.07. The third-order valence-corrected chi connectivity index (χ3v) is 4.76. The number of aliphatic hydroxyl groups is 1. The maximum atomic E-state index is 12.5. The topological polar surface area (TPSA) is 74.2 Å². The summed E-state index contributed by atoms with van der Waals surface area (Å²) in [7, 11) is -0.629. The molecule has 1 N–H and O–H groups in total. The van der Waals surface area contributed by atoms with Gasteiger partial charge in [-0.05, 0) is 31.5 Å². The summed E-state index contributed by atoms with van der Waals surface area (Å²) in [5, 5.41) is 10.3. The fraction of sp³-hybridized carbons (Fsp3) is 0.538.